The largest absolute Gasteiger partial charge is 0.477 e. The molecule has 1 aromatic heterocycles. The highest BCUT2D eigenvalue weighted by atomic mass is 16.5. The molecule has 2 atom stereocenters. The van der Waals surface area contributed by atoms with E-state index in [0.717, 1.165) is 31.2 Å². The van der Waals surface area contributed by atoms with Gasteiger partial charge < -0.3 is 15.0 Å². The molecule has 0 bridgehead atoms. The lowest BCUT2D eigenvalue weighted by molar-refractivity contribution is 0.243. The highest BCUT2D eigenvalue weighted by molar-refractivity contribution is 5.38. The highest BCUT2D eigenvalue weighted by Crippen LogP contribution is 2.27. The molecule has 2 aliphatic heterocycles. The highest BCUT2D eigenvalue weighted by Gasteiger charge is 2.31. The topological polar surface area (TPSA) is 50.3 Å². The summed E-state index contributed by atoms with van der Waals surface area (Å²) >= 11 is 0. The Kier molecular flexibility index (Phi) is 4.35. The first-order valence-electron chi connectivity index (χ1n) is 7.80. The van der Waals surface area contributed by atoms with E-state index in [1.807, 2.05) is 6.20 Å². The van der Waals surface area contributed by atoms with Crippen molar-refractivity contribution in [3.05, 3.63) is 12.4 Å². The molecule has 20 heavy (non-hydrogen) atoms. The average molecular weight is 276 g/mol. The molecule has 2 unspecified atom stereocenters. The van der Waals surface area contributed by atoms with Gasteiger partial charge in [-0.3, -0.25) is 4.98 Å². The number of aromatic nitrogens is 2. The van der Waals surface area contributed by atoms with Crippen molar-refractivity contribution in [3.8, 4) is 5.88 Å². The van der Waals surface area contributed by atoms with Crippen molar-refractivity contribution in [2.45, 2.75) is 38.6 Å². The Morgan fingerprint density at radius 1 is 1.40 bits per heavy atom. The van der Waals surface area contributed by atoms with Crippen LogP contribution in [0, 0.1) is 5.92 Å². The van der Waals surface area contributed by atoms with Crippen molar-refractivity contribution in [1.29, 1.82) is 0 Å². The van der Waals surface area contributed by atoms with Crippen LogP contribution in [0.3, 0.4) is 0 Å². The summed E-state index contributed by atoms with van der Waals surface area (Å²) in [5.74, 6) is 2.36. The summed E-state index contributed by atoms with van der Waals surface area (Å²) in [5.41, 5.74) is 0. The van der Waals surface area contributed by atoms with Gasteiger partial charge in [-0.2, -0.15) is 4.98 Å². The maximum absolute atomic E-state index is 5.58. The zero-order chi connectivity index (χ0) is 13.8. The van der Waals surface area contributed by atoms with E-state index in [4.69, 9.17) is 4.74 Å². The predicted molar refractivity (Wildman–Crippen MR) is 79.2 cm³/mol. The van der Waals surface area contributed by atoms with Crippen LogP contribution < -0.4 is 15.0 Å². The minimum atomic E-state index is 0.647. The van der Waals surface area contributed by atoms with Gasteiger partial charge in [0.1, 0.15) is 0 Å². The van der Waals surface area contributed by atoms with Crippen LogP contribution in [-0.2, 0) is 0 Å². The number of hydrogen-bond donors (Lipinski definition) is 1. The van der Waals surface area contributed by atoms with Gasteiger partial charge in [0, 0.05) is 19.1 Å². The second-order valence-corrected chi connectivity index (χ2v) is 5.76. The van der Waals surface area contributed by atoms with Gasteiger partial charge in [0.2, 0.25) is 5.88 Å². The molecule has 1 N–H and O–H groups in total. The van der Waals surface area contributed by atoms with Crippen LogP contribution >= 0.6 is 0 Å². The molecule has 1 aromatic rings. The fraction of sp³-hybridized carbons (Fsp3) is 0.733. The Morgan fingerprint density at radius 2 is 2.35 bits per heavy atom. The lowest BCUT2D eigenvalue weighted by Gasteiger charge is -2.42. The number of hydrogen-bond acceptors (Lipinski definition) is 5. The zero-order valence-electron chi connectivity index (χ0n) is 12.2. The molecule has 3 heterocycles. The molecule has 0 aliphatic carbocycles. The molecule has 2 aliphatic rings. The molecule has 5 nitrogen and oxygen atoms in total. The molecule has 0 radical (unpaired) electrons. The second kappa shape index (κ2) is 6.39. The summed E-state index contributed by atoms with van der Waals surface area (Å²) in [5, 5.41) is 3.64. The summed E-state index contributed by atoms with van der Waals surface area (Å²) < 4.78 is 5.58. The van der Waals surface area contributed by atoms with Gasteiger partial charge in [-0.25, -0.2) is 0 Å². The number of nitrogens with zero attached hydrogens (tertiary/aromatic N) is 3. The average Bonchev–Trinajstić information content (AvgIpc) is 2.53. The number of ether oxygens (including phenoxy) is 1. The minimum absolute atomic E-state index is 0.647. The fourth-order valence-electron chi connectivity index (χ4n) is 3.22. The number of fused-ring (bicyclic) bond motifs is 1. The molecule has 5 heteroatoms. The quantitative estimate of drug-likeness (QED) is 0.909. The summed E-state index contributed by atoms with van der Waals surface area (Å²) in [6.07, 6.45) is 8.37. The molecule has 110 valence electrons. The molecule has 2 fully saturated rings. The standard InChI is InChI=1S/C15H24N4O/c1-2-8-20-15-10-16-9-14(18-15)19-7-5-13-12(11-19)4-3-6-17-13/h9-10,12-13,17H,2-8,11H2,1H3. The lowest BCUT2D eigenvalue weighted by atomic mass is 9.85. The first-order valence-corrected chi connectivity index (χ1v) is 7.80. The van der Waals surface area contributed by atoms with Crippen LogP contribution in [0.15, 0.2) is 12.4 Å². The monoisotopic (exact) mass is 276 g/mol. The van der Waals surface area contributed by atoms with E-state index in [0.29, 0.717) is 18.5 Å². The molecule has 3 rings (SSSR count). The summed E-state index contributed by atoms with van der Waals surface area (Å²) in [6.45, 7) is 6.12. The van der Waals surface area contributed by atoms with Crippen LogP contribution in [0.25, 0.3) is 0 Å². The summed E-state index contributed by atoms with van der Waals surface area (Å²) in [4.78, 5) is 11.2. The van der Waals surface area contributed by atoms with Gasteiger partial charge in [0.15, 0.2) is 5.82 Å². The van der Waals surface area contributed by atoms with E-state index in [1.165, 1.54) is 25.8 Å². The number of rotatable bonds is 4. The maximum atomic E-state index is 5.58. The van der Waals surface area contributed by atoms with Crippen LogP contribution in [0.1, 0.15) is 32.6 Å². The Balaban J connectivity index is 1.66. The number of piperidine rings is 2. The fourth-order valence-corrected chi connectivity index (χ4v) is 3.22. The van der Waals surface area contributed by atoms with Crippen molar-refractivity contribution in [3.63, 3.8) is 0 Å². The molecule has 0 spiro atoms. The SMILES string of the molecule is CCCOc1cncc(N2CCC3NCCCC3C2)n1. The third kappa shape index (κ3) is 3.03. The molecule has 0 aromatic carbocycles. The van der Waals surface area contributed by atoms with Crippen molar-refractivity contribution in [2.75, 3.05) is 31.1 Å². The van der Waals surface area contributed by atoms with E-state index in [1.54, 1.807) is 6.20 Å². The van der Waals surface area contributed by atoms with Crippen molar-refractivity contribution in [2.24, 2.45) is 5.92 Å². The number of nitrogens with one attached hydrogen (secondary N) is 1. The normalized spacial score (nSPS) is 26.1. The van der Waals surface area contributed by atoms with E-state index < -0.39 is 0 Å². The third-order valence-corrected chi connectivity index (χ3v) is 4.27. The minimum Gasteiger partial charge on any atom is -0.477 e. The van der Waals surface area contributed by atoms with Crippen LogP contribution in [0.2, 0.25) is 0 Å². The van der Waals surface area contributed by atoms with Gasteiger partial charge in [0.25, 0.3) is 0 Å². The third-order valence-electron chi connectivity index (χ3n) is 4.27. The Morgan fingerprint density at radius 3 is 3.25 bits per heavy atom. The van der Waals surface area contributed by atoms with Gasteiger partial charge in [-0.1, -0.05) is 6.92 Å². The predicted octanol–water partition coefficient (Wildman–Crippen LogP) is 1.84. The maximum Gasteiger partial charge on any atom is 0.234 e. The smallest absolute Gasteiger partial charge is 0.234 e. The van der Waals surface area contributed by atoms with Crippen molar-refractivity contribution < 1.29 is 4.74 Å². The van der Waals surface area contributed by atoms with Crippen LogP contribution in [-0.4, -0.2) is 42.3 Å². The Labute approximate surface area is 120 Å². The molecule has 0 saturated carbocycles. The first kappa shape index (κ1) is 13.6. The van der Waals surface area contributed by atoms with E-state index in [2.05, 4.69) is 27.1 Å². The van der Waals surface area contributed by atoms with Crippen LogP contribution in [0.4, 0.5) is 5.82 Å². The molecular weight excluding hydrogens is 252 g/mol. The van der Waals surface area contributed by atoms with Gasteiger partial charge >= 0.3 is 0 Å². The molecule has 2 saturated heterocycles. The van der Waals surface area contributed by atoms with E-state index in [-0.39, 0.29) is 0 Å². The van der Waals surface area contributed by atoms with Crippen LogP contribution in [0.5, 0.6) is 5.88 Å². The van der Waals surface area contributed by atoms with Gasteiger partial charge in [-0.15, -0.1) is 0 Å². The lowest BCUT2D eigenvalue weighted by Crippen LogP contribution is -2.52. The Hall–Kier alpha value is -1.36. The Bertz CT molecular complexity index is 440. The van der Waals surface area contributed by atoms with Gasteiger partial charge in [-0.05, 0) is 38.1 Å². The number of anilines is 1. The first-order chi connectivity index (χ1) is 9.86. The summed E-state index contributed by atoms with van der Waals surface area (Å²) in [6, 6.07) is 0.701. The molecule has 0 amide bonds. The van der Waals surface area contributed by atoms with Crippen molar-refractivity contribution >= 4 is 5.82 Å². The van der Waals surface area contributed by atoms with E-state index in [9.17, 15) is 0 Å². The second-order valence-electron chi connectivity index (χ2n) is 5.76. The summed E-state index contributed by atoms with van der Waals surface area (Å²) in [7, 11) is 0. The van der Waals surface area contributed by atoms with Crippen molar-refractivity contribution in [1.82, 2.24) is 15.3 Å². The zero-order valence-corrected chi connectivity index (χ0v) is 12.2. The van der Waals surface area contributed by atoms with Gasteiger partial charge in [0.05, 0.1) is 19.0 Å². The molecular formula is C15H24N4O. The van der Waals surface area contributed by atoms with E-state index >= 15 is 0 Å².